The van der Waals surface area contributed by atoms with Gasteiger partial charge in [-0.3, -0.25) is 19.1 Å². The van der Waals surface area contributed by atoms with Gasteiger partial charge in [0.05, 0.1) is 6.42 Å². The van der Waals surface area contributed by atoms with Crippen molar-refractivity contribution in [2.45, 2.75) is 20.3 Å². The van der Waals surface area contributed by atoms with Crippen LogP contribution < -0.4 is 0 Å². The van der Waals surface area contributed by atoms with Crippen LogP contribution in [0.4, 0.5) is 0 Å². The second-order valence-electron chi connectivity index (χ2n) is 3.37. The number of ketones is 3. The molecule has 0 bridgehead atoms. The molecule has 5 nitrogen and oxygen atoms in total. The molecular formula is C10H12N2O3. The largest absolute Gasteiger partial charge is 0.292 e. The summed E-state index contributed by atoms with van der Waals surface area (Å²) < 4.78 is 1.55. The highest BCUT2D eigenvalue weighted by atomic mass is 16.2. The number of rotatable bonds is 4. The summed E-state index contributed by atoms with van der Waals surface area (Å²) in [6.07, 6.45) is -0.397. The third-order valence-electron chi connectivity index (χ3n) is 2.11. The summed E-state index contributed by atoms with van der Waals surface area (Å²) in [7, 11) is 1.71. The van der Waals surface area contributed by atoms with E-state index < -0.39 is 23.8 Å². The molecule has 0 fully saturated rings. The Hall–Kier alpha value is -1.78. The molecule has 0 aliphatic heterocycles. The van der Waals surface area contributed by atoms with Crippen LogP contribution >= 0.6 is 0 Å². The van der Waals surface area contributed by atoms with Crippen molar-refractivity contribution in [3.05, 3.63) is 17.5 Å². The Morgan fingerprint density at radius 3 is 2.40 bits per heavy atom. The quantitative estimate of drug-likeness (QED) is 0.409. The molecule has 1 aromatic heterocycles. The van der Waals surface area contributed by atoms with Crippen molar-refractivity contribution in [2.24, 2.45) is 7.05 Å². The zero-order chi connectivity index (χ0) is 11.6. The van der Waals surface area contributed by atoms with E-state index in [-0.39, 0.29) is 5.69 Å². The average Bonchev–Trinajstić information content (AvgIpc) is 2.46. The van der Waals surface area contributed by atoms with E-state index in [1.165, 1.54) is 0 Å². The van der Waals surface area contributed by atoms with Crippen LogP contribution in [0.25, 0.3) is 0 Å². The van der Waals surface area contributed by atoms with Gasteiger partial charge in [0.15, 0.2) is 11.6 Å². The predicted molar refractivity (Wildman–Crippen MR) is 52.6 cm³/mol. The van der Waals surface area contributed by atoms with Gasteiger partial charge in [-0.2, -0.15) is 5.10 Å². The van der Waals surface area contributed by atoms with Gasteiger partial charge in [-0.05, 0) is 13.0 Å². The molecule has 1 aromatic rings. The van der Waals surface area contributed by atoms with Gasteiger partial charge >= 0.3 is 0 Å². The number of aromatic nitrogens is 2. The summed E-state index contributed by atoms with van der Waals surface area (Å²) in [5.41, 5.74) is 1.05. The van der Waals surface area contributed by atoms with E-state index in [1.54, 1.807) is 24.7 Å². The van der Waals surface area contributed by atoms with Crippen LogP contribution in [0.5, 0.6) is 0 Å². The molecule has 1 heterocycles. The minimum atomic E-state index is -0.677. The molecule has 0 saturated heterocycles. The maximum atomic E-state index is 11.5. The zero-order valence-electron chi connectivity index (χ0n) is 8.90. The fourth-order valence-electron chi connectivity index (χ4n) is 1.06. The van der Waals surface area contributed by atoms with E-state index in [9.17, 15) is 14.4 Å². The maximum Gasteiger partial charge on any atom is 0.205 e. The second-order valence-corrected chi connectivity index (χ2v) is 3.37. The summed E-state index contributed by atoms with van der Waals surface area (Å²) in [5, 5.41) is 3.93. The van der Waals surface area contributed by atoms with Gasteiger partial charge in [0, 0.05) is 19.7 Å². The van der Waals surface area contributed by atoms with Crippen LogP contribution in [-0.2, 0) is 16.6 Å². The fraction of sp³-hybridized carbons (Fsp3) is 0.400. The lowest BCUT2D eigenvalue weighted by atomic mass is 10.1. The molecule has 0 radical (unpaired) electrons. The second kappa shape index (κ2) is 4.16. The van der Waals surface area contributed by atoms with E-state index in [2.05, 4.69) is 5.10 Å². The average molecular weight is 208 g/mol. The Labute approximate surface area is 87.1 Å². The predicted octanol–water partition coefficient (Wildman–Crippen LogP) is 0.459. The number of hydrogen-bond donors (Lipinski definition) is 0. The van der Waals surface area contributed by atoms with Gasteiger partial charge in [-0.25, -0.2) is 0 Å². The van der Waals surface area contributed by atoms with Gasteiger partial charge in [0.2, 0.25) is 5.78 Å². The van der Waals surface area contributed by atoms with Crippen LogP contribution in [0.2, 0.25) is 0 Å². The van der Waals surface area contributed by atoms with Crippen LogP contribution in [0.3, 0.4) is 0 Å². The summed E-state index contributed by atoms with van der Waals surface area (Å²) in [5.74, 6) is -1.70. The van der Waals surface area contributed by atoms with E-state index in [0.29, 0.717) is 0 Å². The lowest BCUT2D eigenvalue weighted by Crippen LogP contribution is -2.15. The van der Waals surface area contributed by atoms with Gasteiger partial charge in [-0.1, -0.05) is 0 Å². The summed E-state index contributed by atoms with van der Waals surface area (Å²) in [6, 6.07) is 1.59. The third kappa shape index (κ3) is 2.59. The van der Waals surface area contributed by atoms with E-state index in [4.69, 9.17) is 0 Å². The van der Waals surface area contributed by atoms with Gasteiger partial charge in [0.25, 0.3) is 0 Å². The number of carbonyl (C=O) groups excluding carboxylic acids is 3. The molecular weight excluding hydrogens is 196 g/mol. The smallest absolute Gasteiger partial charge is 0.205 e. The Morgan fingerprint density at radius 1 is 1.40 bits per heavy atom. The molecule has 0 aliphatic carbocycles. The van der Waals surface area contributed by atoms with E-state index in [0.717, 1.165) is 12.6 Å². The molecule has 0 N–H and O–H groups in total. The Bertz CT molecular complexity index is 412. The lowest BCUT2D eigenvalue weighted by Gasteiger charge is -1.93. The first-order valence-electron chi connectivity index (χ1n) is 4.49. The van der Waals surface area contributed by atoms with E-state index in [1.807, 2.05) is 0 Å². The summed E-state index contributed by atoms with van der Waals surface area (Å²) in [6.45, 7) is 2.95. The van der Waals surface area contributed by atoms with Gasteiger partial charge < -0.3 is 0 Å². The minimum Gasteiger partial charge on any atom is -0.292 e. The Morgan fingerprint density at radius 2 is 2.00 bits per heavy atom. The molecule has 0 saturated carbocycles. The monoisotopic (exact) mass is 208 g/mol. The van der Waals surface area contributed by atoms with Crippen LogP contribution in [-0.4, -0.2) is 27.1 Å². The highest BCUT2D eigenvalue weighted by Gasteiger charge is 2.17. The third-order valence-corrected chi connectivity index (χ3v) is 2.11. The molecule has 0 amide bonds. The van der Waals surface area contributed by atoms with Crippen molar-refractivity contribution in [3.63, 3.8) is 0 Å². The molecule has 0 unspecified atom stereocenters. The van der Waals surface area contributed by atoms with Crippen LogP contribution in [0, 0.1) is 6.92 Å². The fourth-order valence-corrected chi connectivity index (χ4v) is 1.06. The first kappa shape index (κ1) is 11.3. The normalized spacial score (nSPS) is 10.1. The van der Waals surface area contributed by atoms with Crippen molar-refractivity contribution in [1.82, 2.24) is 9.78 Å². The lowest BCUT2D eigenvalue weighted by molar-refractivity contribution is -0.134. The molecule has 0 aliphatic rings. The molecule has 0 aromatic carbocycles. The van der Waals surface area contributed by atoms with Gasteiger partial charge in [-0.15, -0.1) is 0 Å². The summed E-state index contributed by atoms with van der Waals surface area (Å²) >= 11 is 0. The van der Waals surface area contributed by atoms with Crippen molar-refractivity contribution < 1.29 is 14.4 Å². The van der Waals surface area contributed by atoms with Crippen molar-refractivity contribution >= 4 is 17.3 Å². The molecule has 15 heavy (non-hydrogen) atoms. The Balaban J connectivity index is 2.78. The first-order valence-corrected chi connectivity index (χ1v) is 4.49. The molecule has 5 heteroatoms. The number of nitrogens with zero attached hydrogens (tertiary/aromatic N) is 2. The highest BCUT2D eigenvalue weighted by Crippen LogP contribution is 2.05. The van der Waals surface area contributed by atoms with Crippen molar-refractivity contribution in [2.75, 3.05) is 0 Å². The van der Waals surface area contributed by atoms with Crippen molar-refractivity contribution in [3.8, 4) is 0 Å². The minimum absolute atomic E-state index is 0.226. The number of carbonyl (C=O) groups is 3. The van der Waals surface area contributed by atoms with E-state index >= 15 is 0 Å². The topological polar surface area (TPSA) is 69.0 Å². The molecule has 1 rings (SSSR count). The number of hydrogen-bond acceptors (Lipinski definition) is 4. The molecule has 0 atom stereocenters. The number of aryl methyl sites for hydroxylation is 2. The first-order chi connectivity index (χ1) is 6.91. The SMILES string of the molecule is CC(=O)C(=O)CC(=O)c1cc(C)n(C)n1. The highest BCUT2D eigenvalue weighted by molar-refractivity contribution is 6.40. The van der Waals surface area contributed by atoms with Gasteiger partial charge in [0.1, 0.15) is 5.69 Å². The summed E-state index contributed by atoms with van der Waals surface area (Å²) in [4.78, 5) is 33.1. The maximum absolute atomic E-state index is 11.5. The van der Waals surface area contributed by atoms with Crippen molar-refractivity contribution in [1.29, 1.82) is 0 Å². The molecule has 0 spiro atoms. The standard InChI is InChI=1S/C10H12N2O3/c1-6-4-8(11-12(6)3)10(15)5-9(14)7(2)13/h4H,5H2,1-3H3. The zero-order valence-corrected chi connectivity index (χ0v) is 8.90. The Kier molecular flexibility index (Phi) is 3.14. The van der Waals surface area contributed by atoms with Crippen LogP contribution in [0.15, 0.2) is 6.07 Å². The number of Topliss-reactive ketones (excluding diaryl/α,β-unsaturated/α-hetero) is 3. The molecule has 80 valence electrons. The van der Waals surface area contributed by atoms with Crippen LogP contribution in [0.1, 0.15) is 29.5 Å².